The van der Waals surface area contributed by atoms with Crippen LogP contribution in [0.4, 0.5) is 0 Å². The van der Waals surface area contributed by atoms with E-state index < -0.39 is 0 Å². The molecule has 0 aliphatic heterocycles. The number of carbonyl (C=O) groups excluding carboxylic acids is 1. The molecule has 78 valence electrons. The minimum absolute atomic E-state index is 0.539. The first-order chi connectivity index (χ1) is 7.35. The average molecular weight is 202 g/mol. The van der Waals surface area contributed by atoms with Crippen molar-refractivity contribution in [1.29, 1.82) is 0 Å². The number of methoxy groups -OCH3 is 1. The monoisotopic (exact) mass is 202 g/mol. The lowest BCUT2D eigenvalue weighted by atomic mass is 9.90. The number of rotatable bonds is 3. The highest BCUT2D eigenvalue weighted by Gasteiger charge is 2.13. The Balaban J connectivity index is 2.42. The molecule has 0 N–H and O–H groups in total. The van der Waals surface area contributed by atoms with E-state index in [2.05, 4.69) is 12.1 Å². The zero-order chi connectivity index (χ0) is 10.7. The normalized spacial score (nSPS) is 14.1. The second-order valence-corrected chi connectivity index (χ2v) is 3.71. The van der Waals surface area contributed by atoms with Gasteiger partial charge in [-0.1, -0.05) is 23.8 Å². The van der Waals surface area contributed by atoms with Crippen molar-refractivity contribution in [2.24, 2.45) is 0 Å². The van der Waals surface area contributed by atoms with Crippen LogP contribution in [0.25, 0.3) is 6.08 Å². The highest BCUT2D eigenvalue weighted by atomic mass is 16.5. The molecule has 0 bridgehead atoms. The van der Waals surface area contributed by atoms with Gasteiger partial charge in [0, 0.05) is 12.0 Å². The van der Waals surface area contributed by atoms with Gasteiger partial charge in [0.05, 0.1) is 7.11 Å². The fourth-order valence-electron chi connectivity index (χ4n) is 1.99. The summed E-state index contributed by atoms with van der Waals surface area (Å²) >= 11 is 0. The Bertz CT molecular complexity index is 405. The second kappa shape index (κ2) is 4.30. The summed E-state index contributed by atoms with van der Waals surface area (Å²) in [4.78, 5) is 10.5. The van der Waals surface area contributed by atoms with Crippen molar-refractivity contribution < 1.29 is 9.53 Å². The van der Waals surface area contributed by atoms with Crippen LogP contribution < -0.4 is 4.74 Å². The molecule has 0 heterocycles. The van der Waals surface area contributed by atoms with Gasteiger partial charge in [0.2, 0.25) is 0 Å². The van der Waals surface area contributed by atoms with Crippen LogP contribution >= 0.6 is 0 Å². The topological polar surface area (TPSA) is 26.3 Å². The maximum absolute atomic E-state index is 10.5. The first kappa shape index (κ1) is 9.97. The van der Waals surface area contributed by atoms with Gasteiger partial charge in [0.1, 0.15) is 12.0 Å². The third-order valence-corrected chi connectivity index (χ3v) is 2.79. The van der Waals surface area contributed by atoms with Crippen molar-refractivity contribution in [2.75, 3.05) is 7.11 Å². The van der Waals surface area contributed by atoms with E-state index in [1.807, 2.05) is 12.1 Å². The smallest absolute Gasteiger partial charge is 0.126 e. The second-order valence-electron chi connectivity index (χ2n) is 3.71. The van der Waals surface area contributed by atoms with Crippen LogP contribution in [0.1, 0.15) is 24.0 Å². The van der Waals surface area contributed by atoms with Gasteiger partial charge >= 0.3 is 0 Å². The van der Waals surface area contributed by atoms with E-state index in [1.165, 1.54) is 11.1 Å². The van der Waals surface area contributed by atoms with E-state index in [4.69, 9.17) is 4.74 Å². The van der Waals surface area contributed by atoms with E-state index in [0.29, 0.717) is 6.42 Å². The highest BCUT2D eigenvalue weighted by molar-refractivity contribution is 5.69. The van der Waals surface area contributed by atoms with Crippen molar-refractivity contribution in [3.63, 3.8) is 0 Å². The van der Waals surface area contributed by atoms with E-state index >= 15 is 0 Å². The van der Waals surface area contributed by atoms with Crippen molar-refractivity contribution in [3.05, 3.63) is 34.9 Å². The molecule has 2 nitrogen and oxygen atoms in total. The van der Waals surface area contributed by atoms with Crippen LogP contribution in [-0.2, 0) is 11.2 Å². The largest absolute Gasteiger partial charge is 0.496 e. The van der Waals surface area contributed by atoms with Gasteiger partial charge in [-0.05, 0) is 24.5 Å². The lowest BCUT2D eigenvalue weighted by Crippen LogP contribution is -2.01. The molecular weight excluding hydrogens is 188 g/mol. The van der Waals surface area contributed by atoms with Crippen LogP contribution in [0.3, 0.4) is 0 Å². The first-order valence-corrected chi connectivity index (χ1v) is 5.14. The Kier molecular flexibility index (Phi) is 2.86. The van der Waals surface area contributed by atoms with Crippen LogP contribution in [0.5, 0.6) is 5.75 Å². The summed E-state index contributed by atoms with van der Waals surface area (Å²) in [5.74, 6) is 0.899. The van der Waals surface area contributed by atoms with Gasteiger partial charge < -0.3 is 9.53 Å². The SMILES string of the molecule is COc1cccc2c1C=C(CC=O)CC2. The van der Waals surface area contributed by atoms with Crippen LogP contribution in [0.15, 0.2) is 23.8 Å². The molecule has 0 amide bonds. The zero-order valence-electron chi connectivity index (χ0n) is 8.82. The Hall–Kier alpha value is -1.57. The molecule has 1 aromatic rings. The van der Waals surface area contributed by atoms with Crippen LogP contribution in [0.2, 0.25) is 0 Å². The molecule has 1 aliphatic carbocycles. The summed E-state index contributed by atoms with van der Waals surface area (Å²) < 4.78 is 5.31. The Morgan fingerprint density at radius 1 is 1.40 bits per heavy atom. The minimum atomic E-state index is 0.539. The summed E-state index contributed by atoms with van der Waals surface area (Å²) in [6.07, 6.45) is 5.58. The molecule has 2 heteroatoms. The molecule has 0 saturated heterocycles. The number of allylic oxidation sites excluding steroid dienone is 1. The number of ether oxygens (including phenoxy) is 1. The molecule has 15 heavy (non-hydrogen) atoms. The molecule has 0 unspecified atom stereocenters. The number of aldehydes is 1. The predicted octanol–water partition coefficient (Wildman–Crippen LogP) is 2.61. The summed E-state index contributed by atoms with van der Waals surface area (Å²) in [5.41, 5.74) is 3.65. The molecule has 0 saturated carbocycles. The Morgan fingerprint density at radius 3 is 3.00 bits per heavy atom. The van der Waals surface area contributed by atoms with Gasteiger partial charge in [0.15, 0.2) is 0 Å². The van der Waals surface area contributed by atoms with E-state index in [1.54, 1.807) is 7.11 Å². The molecule has 1 aliphatic rings. The number of carbonyl (C=O) groups is 1. The fourth-order valence-corrected chi connectivity index (χ4v) is 1.99. The van der Waals surface area contributed by atoms with Gasteiger partial charge in [-0.2, -0.15) is 0 Å². The fraction of sp³-hybridized carbons (Fsp3) is 0.308. The molecule has 1 aromatic carbocycles. The molecule has 0 spiro atoms. The maximum Gasteiger partial charge on any atom is 0.126 e. The summed E-state index contributed by atoms with van der Waals surface area (Å²) in [5, 5.41) is 0. The van der Waals surface area contributed by atoms with Crippen LogP contribution in [0, 0.1) is 0 Å². The van der Waals surface area contributed by atoms with Crippen molar-refractivity contribution in [2.45, 2.75) is 19.3 Å². The van der Waals surface area contributed by atoms with Crippen molar-refractivity contribution in [3.8, 4) is 5.75 Å². The predicted molar refractivity (Wildman–Crippen MR) is 60.0 cm³/mol. The molecule has 0 aromatic heterocycles. The number of hydrogen-bond donors (Lipinski definition) is 0. The third-order valence-electron chi connectivity index (χ3n) is 2.79. The van der Waals surface area contributed by atoms with Gasteiger partial charge in [-0.15, -0.1) is 0 Å². The Morgan fingerprint density at radius 2 is 2.27 bits per heavy atom. The maximum atomic E-state index is 10.5. The third kappa shape index (κ3) is 1.94. The molecular formula is C13H14O2. The molecule has 0 fully saturated rings. The quantitative estimate of drug-likeness (QED) is 0.704. The van der Waals surface area contributed by atoms with Gasteiger partial charge in [-0.25, -0.2) is 0 Å². The van der Waals surface area contributed by atoms with Gasteiger partial charge in [-0.3, -0.25) is 0 Å². The zero-order valence-corrected chi connectivity index (χ0v) is 8.82. The summed E-state index contributed by atoms with van der Waals surface area (Å²) in [6.45, 7) is 0. The number of fused-ring (bicyclic) bond motifs is 1. The van der Waals surface area contributed by atoms with E-state index in [-0.39, 0.29) is 0 Å². The summed E-state index contributed by atoms with van der Waals surface area (Å²) in [7, 11) is 1.68. The summed E-state index contributed by atoms with van der Waals surface area (Å²) in [6, 6.07) is 6.08. The van der Waals surface area contributed by atoms with Crippen LogP contribution in [-0.4, -0.2) is 13.4 Å². The molecule has 0 radical (unpaired) electrons. The van der Waals surface area contributed by atoms with E-state index in [0.717, 1.165) is 30.4 Å². The van der Waals surface area contributed by atoms with Gasteiger partial charge in [0.25, 0.3) is 0 Å². The van der Waals surface area contributed by atoms with Crippen molar-refractivity contribution in [1.82, 2.24) is 0 Å². The number of benzene rings is 1. The molecule has 0 atom stereocenters. The molecule has 2 rings (SSSR count). The number of aryl methyl sites for hydroxylation is 1. The standard InChI is InChI=1S/C13H14O2/c1-15-13-4-2-3-11-6-5-10(7-8-14)9-12(11)13/h2-4,8-9H,5-7H2,1H3. The minimum Gasteiger partial charge on any atom is -0.496 e. The highest BCUT2D eigenvalue weighted by Crippen LogP contribution is 2.31. The first-order valence-electron chi connectivity index (χ1n) is 5.14. The lowest BCUT2D eigenvalue weighted by Gasteiger charge is -2.17. The lowest BCUT2D eigenvalue weighted by molar-refractivity contribution is -0.107. The number of hydrogen-bond acceptors (Lipinski definition) is 2. The average Bonchev–Trinajstić information content (AvgIpc) is 2.28. The van der Waals surface area contributed by atoms with Crippen molar-refractivity contribution >= 4 is 12.4 Å². The van der Waals surface area contributed by atoms with E-state index in [9.17, 15) is 4.79 Å². The Labute approximate surface area is 89.6 Å².